The molecule has 0 aliphatic heterocycles. The molecule has 0 atom stereocenters. The van der Waals surface area contributed by atoms with Crippen LogP contribution in [0.3, 0.4) is 0 Å². The third-order valence-electron chi connectivity index (χ3n) is 5.29. The molecule has 0 N–H and O–H groups in total. The van der Waals surface area contributed by atoms with Crippen LogP contribution in [-0.2, 0) is 12.7 Å². The Morgan fingerprint density at radius 1 is 1.09 bits per heavy atom. The molecule has 0 unspecified atom stereocenters. The first-order chi connectivity index (χ1) is 15.0. The molecule has 0 radical (unpaired) electrons. The Morgan fingerprint density at radius 3 is 2.22 bits per heavy atom. The van der Waals surface area contributed by atoms with Crippen molar-refractivity contribution in [3.8, 4) is 17.0 Å². The van der Waals surface area contributed by atoms with E-state index in [1.54, 1.807) is 68.4 Å². The van der Waals surface area contributed by atoms with Crippen LogP contribution in [0.15, 0.2) is 54.6 Å². The fourth-order valence-corrected chi connectivity index (χ4v) is 3.55. The quantitative estimate of drug-likeness (QED) is 0.406. The molecule has 32 heavy (non-hydrogen) atoms. The Bertz CT molecular complexity index is 1090. The highest BCUT2D eigenvalue weighted by Gasteiger charge is 2.41. The van der Waals surface area contributed by atoms with E-state index in [0.29, 0.717) is 16.1 Å². The van der Waals surface area contributed by atoms with Crippen LogP contribution in [0.25, 0.3) is 11.1 Å². The van der Waals surface area contributed by atoms with Gasteiger partial charge in [-0.3, -0.25) is 0 Å². The Morgan fingerprint density at radius 2 is 1.69 bits per heavy atom. The van der Waals surface area contributed by atoms with Gasteiger partial charge >= 0.3 is 12.3 Å². The number of amides is 1. The maximum absolute atomic E-state index is 14.2. The van der Waals surface area contributed by atoms with Gasteiger partial charge in [-0.15, -0.1) is 0 Å². The summed E-state index contributed by atoms with van der Waals surface area (Å²) in [6, 6.07) is 14.9. The zero-order valence-corrected chi connectivity index (χ0v) is 19.0. The molecule has 3 rings (SSSR count). The summed E-state index contributed by atoms with van der Waals surface area (Å²) in [5.41, 5.74) is 0.437. The Hall–Kier alpha value is -2.93. The van der Waals surface area contributed by atoms with E-state index in [9.17, 15) is 18.0 Å². The number of hydrogen-bond acceptors (Lipinski definition) is 2. The van der Waals surface area contributed by atoms with E-state index in [1.807, 2.05) is 0 Å². The highest BCUT2D eigenvalue weighted by atomic mass is 35.5. The molecular weight excluding hydrogens is 441 g/mol. The molecule has 0 fully saturated rings. The van der Waals surface area contributed by atoms with Crippen LogP contribution in [0, 0.1) is 6.92 Å². The molecule has 0 saturated heterocycles. The van der Waals surface area contributed by atoms with Crippen molar-refractivity contribution >= 4 is 17.7 Å². The second kappa shape index (κ2) is 9.28. The first kappa shape index (κ1) is 23.7. The molecular formula is C24H24ClF3N2O2. The summed E-state index contributed by atoms with van der Waals surface area (Å²) in [6.45, 7) is 4.85. The number of halogens is 4. The normalized spacial score (nSPS) is 11.7. The number of carbonyl (C=O) groups excluding carboxylic acids is 1. The molecule has 0 spiro atoms. The van der Waals surface area contributed by atoms with Crippen LogP contribution in [0.2, 0.25) is 5.02 Å². The smallest absolute Gasteiger partial charge is 0.392 e. The van der Waals surface area contributed by atoms with E-state index in [-0.39, 0.29) is 29.6 Å². The van der Waals surface area contributed by atoms with Crippen molar-refractivity contribution in [2.45, 2.75) is 39.5 Å². The molecule has 0 aliphatic rings. The van der Waals surface area contributed by atoms with Crippen LogP contribution in [-0.4, -0.2) is 28.6 Å². The predicted molar refractivity (Wildman–Crippen MR) is 119 cm³/mol. The molecule has 0 aliphatic carbocycles. The predicted octanol–water partition coefficient (Wildman–Crippen LogP) is 7.02. The fourth-order valence-electron chi connectivity index (χ4n) is 3.43. The number of hydrogen-bond donors (Lipinski definition) is 0. The maximum Gasteiger partial charge on any atom is 0.431 e. The molecule has 4 nitrogen and oxygen atoms in total. The van der Waals surface area contributed by atoms with Crippen molar-refractivity contribution in [2.24, 2.45) is 0 Å². The summed E-state index contributed by atoms with van der Waals surface area (Å²) >= 11 is 5.98. The highest BCUT2D eigenvalue weighted by Crippen LogP contribution is 2.45. The minimum atomic E-state index is -4.66. The van der Waals surface area contributed by atoms with Gasteiger partial charge in [0, 0.05) is 23.7 Å². The number of aromatic nitrogens is 1. The average molecular weight is 465 g/mol. The minimum Gasteiger partial charge on any atom is -0.392 e. The highest BCUT2D eigenvalue weighted by molar-refractivity contribution is 6.30. The number of carbonyl (C=O) groups is 1. The van der Waals surface area contributed by atoms with Gasteiger partial charge in [-0.25, -0.2) is 4.79 Å². The fraction of sp³-hybridized carbons (Fsp3) is 0.292. The maximum atomic E-state index is 14.2. The number of alkyl halides is 3. The minimum absolute atomic E-state index is 0.0225. The van der Waals surface area contributed by atoms with Gasteiger partial charge in [-0.2, -0.15) is 13.2 Å². The van der Waals surface area contributed by atoms with Crippen molar-refractivity contribution < 1.29 is 22.7 Å². The summed E-state index contributed by atoms with van der Waals surface area (Å²) < 4.78 is 49.3. The Balaban J connectivity index is 2.27. The zero-order chi connectivity index (χ0) is 23.6. The van der Waals surface area contributed by atoms with Gasteiger partial charge in [0.05, 0.1) is 6.54 Å². The molecule has 3 aromatic rings. The van der Waals surface area contributed by atoms with Crippen molar-refractivity contribution in [1.29, 1.82) is 0 Å². The van der Waals surface area contributed by atoms with Crippen LogP contribution in [0.5, 0.6) is 5.88 Å². The van der Waals surface area contributed by atoms with Gasteiger partial charge < -0.3 is 14.2 Å². The van der Waals surface area contributed by atoms with Gasteiger partial charge in [0.25, 0.3) is 0 Å². The SMILES string of the molecule is Cc1c(-c2ccc(Cl)cc2)c(OC(=O)N(C)C(C)C)n(Cc2ccccc2)c1C(F)(F)F. The van der Waals surface area contributed by atoms with Gasteiger partial charge in [0.2, 0.25) is 5.88 Å². The summed E-state index contributed by atoms with van der Waals surface area (Å²) in [4.78, 5) is 14.1. The topological polar surface area (TPSA) is 34.5 Å². The molecule has 170 valence electrons. The summed E-state index contributed by atoms with van der Waals surface area (Å²) in [6.07, 6.45) is -5.40. The monoisotopic (exact) mass is 464 g/mol. The molecule has 2 aromatic carbocycles. The van der Waals surface area contributed by atoms with E-state index in [4.69, 9.17) is 16.3 Å². The first-order valence-corrected chi connectivity index (χ1v) is 10.4. The van der Waals surface area contributed by atoms with E-state index in [0.717, 1.165) is 4.57 Å². The average Bonchev–Trinajstić information content (AvgIpc) is 2.99. The van der Waals surface area contributed by atoms with Crippen LogP contribution < -0.4 is 4.74 Å². The molecule has 1 amide bonds. The lowest BCUT2D eigenvalue weighted by molar-refractivity contribution is -0.144. The van der Waals surface area contributed by atoms with Crippen molar-refractivity contribution in [1.82, 2.24) is 9.47 Å². The number of benzene rings is 2. The van der Waals surface area contributed by atoms with Gasteiger partial charge in [0.15, 0.2) is 0 Å². The number of nitrogens with zero attached hydrogens (tertiary/aromatic N) is 2. The molecule has 8 heteroatoms. The molecule has 1 aromatic heterocycles. The van der Waals surface area contributed by atoms with E-state index in [2.05, 4.69) is 0 Å². The Kier molecular flexibility index (Phi) is 6.88. The number of ether oxygens (including phenoxy) is 1. The van der Waals surface area contributed by atoms with Gasteiger partial charge in [-0.1, -0.05) is 54.1 Å². The van der Waals surface area contributed by atoms with E-state index < -0.39 is 18.0 Å². The summed E-state index contributed by atoms with van der Waals surface area (Å²) in [7, 11) is 1.54. The first-order valence-electron chi connectivity index (χ1n) is 10.1. The lowest BCUT2D eigenvalue weighted by atomic mass is 10.0. The van der Waals surface area contributed by atoms with Crippen LogP contribution in [0.1, 0.15) is 30.7 Å². The largest absolute Gasteiger partial charge is 0.431 e. The molecule has 1 heterocycles. The lowest BCUT2D eigenvalue weighted by Crippen LogP contribution is -2.35. The number of rotatable bonds is 5. The summed E-state index contributed by atoms with van der Waals surface area (Å²) in [5, 5.41) is 0.448. The third-order valence-corrected chi connectivity index (χ3v) is 5.54. The Labute approximate surface area is 190 Å². The second-order valence-corrected chi connectivity index (χ2v) is 8.24. The van der Waals surface area contributed by atoms with Crippen LogP contribution in [0.4, 0.5) is 18.0 Å². The standard InChI is InChI=1S/C24H24ClF3N2O2/c1-15(2)29(4)23(31)32-22-20(18-10-12-19(25)13-11-18)16(3)21(24(26,27)28)30(22)14-17-8-6-5-7-9-17/h5-13,15H,14H2,1-4H3. The van der Waals surface area contributed by atoms with Crippen molar-refractivity contribution in [3.05, 3.63) is 76.4 Å². The van der Waals surface area contributed by atoms with Gasteiger partial charge in [-0.05, 0) is 49.6 Å². The molecule has 0 bridgehead atoms. The summed E-state index contributed by atoms with van der Waals surface area (Å²) in [5.74, 6) is -0.154. The lowest BCUT2D eigenvalue weighted by Gasteiger charge is -2.22. The van der Waals surface area contributed by atoms with Crippen molar-refractivity contribution in [3.63, 3.8) is 0 Å². The van der Waals surface area contributed by atoms with Crippen molar-refractivity contribution in [2.75, 3.05) is 7.05 Å². The van der Waals surface area contributed by atoms with E-state index >= 15 is 0 Å². The van der Waals surface area contributed by atoms with E-state index in [1.165, 1.54) is 18.9 Å². The third kappa shape index (κ3) is 4.93. The second-order valence-electron chi connectivity index (χ2n) is 7.80. The van der Waals surface area contributed by atoms with Crippen LogP contribution >= 0.6 is 11.6 Å². The zero-order valence-electron chi connectivity index (χ0n) is 18.2. The molecule has 0 saturated carbocycles. The van der Waals surface area contributed by atoms with Gasteiger partial charge in [0.1, 0.15) is 5.69 Å².